The predicted octanol–water partition coefficient (Wildman–Crippen LogP) is 5.80. The lowest BCUT2D eigenvalue weighted by molar-refractivity contribution is -0.161. The van der Waals surface area contributed by atoms with Gasteiger partial charge in [-0.05, 0) is 48.6 Å². The minimum Gasteiger partial charge on any atom is -0.461 e. The molecule has 0 bridgehead atoms. The number of hydrogen-bond donors (Lipinski definition) is 0. The second-order valence-corrected chi connectivity index (χ2v) is 9.23. The van der Waals surface area contributed by atoms with Crippen LogP contribution in [0.2, 0.25) is 0 Å². The molecule has 3 rings (SSSR count). The van der Waals surface area contributed by atoms with Gasteiger partial charge in [-0.1, -0.05) is 60.1 Å². The van der Waals surface area contributed by atoms with Crippen molar-refractivity contribution in [2.24, 2.45) is 23.7 Å². The zero-order chi connectivity index (χ0) is 20.4. The van der Waals surface area contributed by atoms with Crippen molar-refractivity contribution in [3.63, 3.8) is 0 Å². The highest BCUT2D eigenvalue weighted by atomic mass is 16.5. The van der Waals surface area contributed by atoms with Gasteiger partial charge in [0.1, 0.15) is 18.0 Å². The van der Waals surface area contributed by atoms with Crippen LogP contribution in [0.1, 0.15) is 72.7 Å². The summed E-state index contributed by atoms with van der Waals surface area (Å²) in [6.07, 6.45) is 4.18. The Bertz CT molecular complexity index is 808. The number of hydrogen-bond acceptors (Lipinski definition) is 3. The summed E-state index contributed by atoms with van der Waals surface area (Å²) in [6, 6.07) is 7.75. The molecule has 1 aromatic carbocycles. The molecule has 1 saturated carbocycles. The second kappa shape index (κ2) is 8.67. The number of para-hydroxylation sites is 2. The summed E-state index contributed by atoms with van der Waals surface area (Å²) in [5.41, 5.74) is 1.97. The smallest absolute Gasteiger partial charge is 0.329 e. The Kier molecular flexibility index (Phi) is 6.47. The van der Waals surface area contributed by atoms with Gasteiger partial charge in [0.05, 0.1) is 11.0 Å². The van der Waals surface area contributed by atoms with Crippen molar-refractivity contribution >= 4 is 17.0 Å². The van der Waals surface area contributed by atoms with Gasteiger partial charge in [0.2, 0.25) is 0 Å². The molecule has 1 aromatic heterocycles. The molecule has 1 aliphatic carbocycles. The van der Waals surface area contributed by atoms with Gasteiger partial charge in [-0.3, -0.25) is 0 Å². The molecular weight excluding hydrogens is 348 g/mol. The predicted molar refractivity (Wildman–Crippen MR) is 114 cm³/mol. The fraction of sp³-hybridized carbons (Fsp3) is 0.667. The monoisotopic (exact) mass is 384 g/mol. The SMILES string of the molecule is CCc1nc2ccccc2n1C(C(=O)O[C@@H]1CC(C)CCC1C(C)C)C(C)C. The van der Waals surface area contributed by atoms with Crippen LogP contribution < -0.4 is 0 Å². The van der Waals surface area contributed by atoms with Gasteiger partial charge in [-0.2, -0.15) is 0 Å². The van der Waals surface area contributed by atoms with Gasteiger partial charge in [0, 0.05) is 6.42 Å². The molecule has 0 N–H and O–H groups in total. The summed E-state index contributed by atoms with van der Waals surface area (Å²) in [6.45, 7) is 13.1. The van der Waals surface area contributed by atoms with E-state index in [2.05, 4.69) is 52.2 Å². The quantitative estimate of drug-likeness (QED) is 0.591. The summed E-state index contributed by atoms with van der Waals surface area (Å²) >= 11 is 0. The van der Waals surface area contributed by atoms with E-state index < -0.39 is 0 Å². The first-order valence-electron chi connectivity index (χ1n) is 11.0. The van der Waals surface area contributed by atoms with Crippen molar-refractivity contribution < 1.29 is 9.53 Å². The number of benzene rings is 1. The molecule has 4 atom stereocenters. The Morgan fingerprint density at radius 2 is 1.93 bits per heavy atom. The van der Waals surface area contributed by atoms with Gasteiger partial charge >= 0.3 is 5.97 Å². The summed E-state index contributed by atoms with van der Waals surface area (Å²) < 4.78 is 8.37. The van der Waals surface area contributed by atoms with Gasteiger partial charge < -0.3 is 9.30 Å². The maximum atomic E-state index is 13.5. The first kappa shape index (κ1) is 20.9. The Labute approximate surface area is 169 Å². The molecule has 1 fully saturated rings. The number of fused-ring (bicyclic) bond motifs is 1. The van der Waals surface area contributed by atoms with E-state index in [1.165, 1.54) is 6.42 Å². The Morgan fingerprint density at radius 1 is 1.21 bits per heavy atom. The van der Waals surface area contributed by atoms with Crippen LogP contribution in [0.3, 0.4) is 0 Å². The molecule has 0 aliphatic heterocycles. The van der Waals surface area contributed by atoms with Gasteiger partial charge in [0.25, 0.3) is 0 Å². The number of imidazole rings is 1. The number of carbonyl (C=O) groups excluding carboxylic acids is 1. The first-order chi connectivity index (χ1) is 13.3. The van der Waals surface area contributed by atoms with Crippen LogP contribution in [0.5, 0.6) is 0 Å². The average molecular weight is 385 g/mol. The molecule has 28 heavy (non-hydrogen) atoms. The van der Waals surface area contributed by atoms with Crippen LogP contribution in [-0.4, -0.2) is 21.6 Å². The zero-order valence-electron chi connectivity index (χ0n) is 18.3. The van der Waals surface area contributed by atoms with Crippen LogP contribution in [0.4, 0.5) is 0 Å². The van der Waals surface area contributed by atoms with Crippen molar-refractivity contribution in [1.29, 1.82) is 0 Å². The van der Waals surface area contributed by atoms with Crippen molar-refractivity contribution in [3.8, 4) is 0 Å². The van der Waals surface area contributed by atoms with Crippen molar-refractivity contribution in [1.82, 2.24) is 9.55 Å². The largest absolute Gasteiger partial charge is 0.461 e. The summed E-state index contributed by atoms with van der Waals surface area (Å²) in [4.78, 5) is 18.2. The van der Waals surface area contributed by atoms with E-state index in [9.17, 15) is 4.79 Å². The number of ether oxygens (including phenoxy) is 1. The number of rotatable bonds is 6. The van der Waals surface area contributed by atoms with Crippen molar-refractivity contribution in [2.75, 3.05) is 0 Å². The molecule has 154 valence electrons. The number of esters is 1. The van der Waals surface area contributed by atoms with E-state index in [0.717, 1.165) is 36.1 Å². The summed E-state index contributed by atoms with van der Waals surface area (Å²) in [5, 5.41) is 0. The van der Waals surface area contributed by atoms with Gasteiger partial charge in [-0.25, -0.2) is 9.78 Å². The highest BCUT2D eigenvalue weighted by molar-refractivity contribution is 5.81. The average Bonchev–Trinajstić information content (AvgIpc) is 3.00. The summed E-state index contributed by atoms with van der Waals surface area (Å²) in [5.74, 6) is 2.59. The molecule has 1 heterocycles. The molecule has 1 aliphatic rings. The van der Waals surface area contributed by atoms with Gasteiger partial charge in [0.15, 0.2) is 0 Å². The van der Waals surface area contributed by atoms with Crippen LogP contribution in [0.15, 0.2) is 24.3 Å². The molecule has 4 nitrogen and oxygen atoms in total. The maximum Gasteiger partial charge on any atom is 0.329 e. The molecule has 0 amide bonds. The van der Waals surface area contributed by atoms with Crippen LogP contribution in [-0.2, 0) is 16.0 Å². The lowest BCUT2D eigenvalue weighted by Crippen LogP contribution is -2.39. The minimum absolute atomic E-state index is 0.0253. The van der Waals surface area contributed by atoms with Crippen molar-refractivity contribution in [2.45, 2.75) is 79.4 Å². The standard InChI is InChI=1S/C24H36N2O2/c1-7-22-25-19-10-8-9-11-20(19)26(22)23(16(4)5)24(27)28-21-14-17(6)12-13-18(21)15(2)3/h8-11,15-18,21,23H,7,12-14H2,1-6H3/t17?,18?,21-,23?/m1/s1. The normalized spacial score (nSPS) is 24.1. The molecule has 0 radical (unpaired) electrons. The Balaban J connectivity index is 1.93. The third-order valence-electron chi connectivity index (χ3n) is 6.37. The molecule has 2 aromatic rings. The van der Waals surface area contributed by atoms with E-state index in [0.29, 0.717) is 17.8 Å². The number of aryl methyl sites for hydroxylation is 1. The van der Waals surface area contributed by atoms with E-state index in [4.69, 9.17) is 9.72 Å². The van der Waals surface area contributed by atoms with Crippen LogP contribution in [0, 0.1) is 23.7 Å². The molecular formula is C24H36N2O2. The fourth-order valence-corrected chi connectivity index (χ4v) is 4.80. The number of nitrogens with zero attached hydrogens (tertiary/aromatic N) is 2. The zero-order valence-corrected chi connectivity index (χ0v) is 18.3. The van der Waals surface area contributed by atoms with Crippen LogP contribution in [0.25, 0.3) is 11.0 Å². The fourth-order valence-electron chi connectivity index (χ4n) is 4.80. The highest BCUT2D eigenvalue weighted by Crippen LogP contribution is 2.37. The molecule has 4 heteroatoms. The minimum atomic E-state index is -0.340. The van der Waals surface area contributed by atoms with E-state index >= 15 is 0 Å². The van der Waals surface area contributed by atoms with E-state index in [1.807, 2.05) is 18.2 Å². The van der Waals surface area contributed by atoms with E-state index in [-0.39, 0.29) is 24.0 Å². The molecule has 0 spiro atoms. The van der Waals surface area contributed by atoms with Crippen molar-refractivity contribution in [3.05, 3.63) is 30.1 Å². The van der Waals surface area contributed by atoms with Gasteiger partial charge in [-0.15, -0.1) is 0 Å². The first-order valence-corrected chi connectivity index (χ1v) is 11.0. The topological polar surface area (TPSA) is 44.1 Å². The maximum absolute atomic E-state index is 13.5. The Hall–Kier alpha value is -1.84. The number of carbonyl (C=O) groups is 1. The number of aromatic nitrogens is 2. The molecule has 0 saturated heterocycles. The Morgan fingerprint density at radius 3 is 2.57 bits per heavy atom. The summed E-state index contributed by atoms with van der Waals surface area (Å²) in [7, 11) is 0. The van der Waals surface area contributed by atoms with E-state index in [1.54, 1.807) is 0 Å². The lowest BCUT2D eigenvalue weighted by Gasteiger charge is -2.38. The third kappa shape index (κ3) is 4.11. The molecule has 3 unspecified atom stereocenters. The second-order valence-electron chi connectivity index (χ2n) is 9.23. The lowest BCUT2D eigenvalue weighted by atomic mass is 9.75. The highest BCUT2D eigenvalue weighted by Gasteiger charge is 2.37. The van der Waals surface area contributed by atoms with Crippen LogP contribution >= 0.6 is 0 Å². The third-order valence-corrected chi connectivity index (χ3v) is 6.37.